The number of nitrogens with zero attached hydrogens (tertiary/aromatic N) is 2. The normalized spacial score (nSPS) is 15.2. The van der Waals surface area contributed by atoms with E-state index < -0.39 is 0 Å². The first-order chi connectivity index (χ1) is 12.2. The highest BCUT2D eigenvalue weighted by Crippen LogP contribution is 2.14. The first-order valence-electron chi connectivity index (χ1n) is 8.27. The Morgan fingerprint density at radius 2 is 2.08 bits per heavy atom. The van der Waals surface area contributed by atoms with E-state index in [-0.39, 0.29) is 11.5 Å². The van der Waals surface area contributed by atoms with E-state index in [0.29, 0.717) is 18.9 Å². The largest absolute Gasteiger partial charge is 0.490 e. The minimum atomic E-state index is -0.359. The van der Waals surface area contributed by atoms with Crippen LogP contribution in [0.5, 0.6) is 5.75 Å². The van der Waals surface area contributed by atoms with Gasteiger partial charge in [0.15, 0.2) is 0 Å². The number of benzene rings is 1. The van der Waals surface area contributed by atoms with Crippen LogP contribution < -0.4 is 10.1 Å². The maximum absolute atomic E-state index is 12.1. The van der Waals surface area contributed by atoms with Crippen LogP contribution in [0.2, 0.25) is 0 Å². The molecule has 0 aliphatic carbocycles. The van der Waals surface area contributed by atoms with Crippen molar-refractivity contribution in [1.82, 2.24) is 10.2 Å². The van der Waals surface area contributed by atoms with Crippen LogP contribution in [0, 0.1) is 11.3 Å². The molecule has 0 radical (unpaired) electrons. The van der Waals surface area contributed by atoms with Gasteiger partial charge >= 0.3 is 0 Å². The Labute approximate surface area is 148 Å². The van der Waals surface area contributed by atoms with E-state index in [4.69, 9.17) is 9.47 Å². The number of nitrogens with one attached hydrogen (secondary N) is 1. The van der Waals surface area contributed by atoms with E-state index in [1.165, 1.54) is 0 Å². The third kappa shape index (κ3) is 6.42. The summed E-state index contributed by atoms with van der Waals surface area (Å²) in [5.41, 5.74) is 0.854. The molecule has 0 unspecified atom stereocenters. The first kappa shape index (κ1) is 18.7. The van der Waals surface area contributed by atoms with E-state index in [1.807, 2.05) is 6.07 Å². The molecule has 2 rings (SSSR count). The summed E-state index contributed by atoms with van der Waals surface area (Å²) in [4.78, 5) is 14.4. The SMILES string of the molecule is C=CCOc1ccc(/C=C(/C#N)C(=O)NCCN2CCOCC2)cc1. The highest BCUT2D eigenvalue weighted by atomic mass is 16.5. The molecule has 1 heterocycles. The second-order valence-electron chi connectivity index (χ2n) is 5.55. The van der Waals surface area contributed by atoms with Crippen LogP contribution in [0.15, 0.2) is 42.5 Å². The summed E-state index contributed by atoms with van der Waals surface area (Å²) in [6.07, 6.45) is 3.24. The highest BCUT2D eigenvalue weighted by Gasteiger charge is 2.12. The number of ether oxygens (including phenoxy) is 2. The fourth-order valence-electron chi connectivity index (χ4n) is 2.38. The number of hydrogen-bond acceptors (Lipinski definition) is 5. The van der Waals surface area contributed by atoms with E-state index in [1.54, 1.807) is 36.4 Å². The molecule has 1 aliphatic heterocycles. The Hall–Kier alpha value is -2.62. The Kier molecular flexibility index (Phi) is 7.70. The summed E-state index contributed by atoms with van der Waals surface area (Å²) in [7, 11) is 0. The van der Waals surface area contributed by atoms with Gasteiger partial charge in [-0.2, -0.15) is 5.26 Å². The van der Waals surface area contributed by atoms with Crippen LogP contribution in [0.1, 0.15) is 5.56 Å². The van der Waals surface area contributed by atoms with Gasteiger partial charge in [-0.1, -0.05) is 24.8 Å². The molecule has 1 aliphatic rings. The zero-order valence-corrected chi connectivity index (χ0v) is 14.2. The molecule has 1 saturated heterocycles. The summed E-state index contributed by atoms with van der Waals surface area (Å²) in [5.74, 6) is 0.355. The molecule has 0 atom stereocenters. The van der Waals surface area contributed by atoms with Crippen LogP contribution in [0.4, 0.5) is 0 Å². The van der Waals surface area contributed by atoms with Gasteiger partial charge in [0.05, 0.1) is 13.2 Å². The van der Waals surface area contributed by atoms with E-state index in [2.05, 4.69) is 16.8 Å². The number of morpholine rings is 1. The van der Waals surface area contributed by atoms with E-state index >= 15 is 0 Å². The summed E-state index contributed by atoms with van der Waals surface area (Å²) >= 11 is 0. The zero-order chi connectivity index (χ0) is 17.9. The lowest BCUT2D eigenvalue weighted by Crippen LogP contribution is -2.41. The van der Waals surface area contributed by atoms with E-state index in [0.717, 1.165) is 38.4 Å². The smallest absolute Gasteiger partial charge is 0.261 e. The molecule has 0 aromatic heterocycles. The molecule has 0 bridgehead atoms. The van der Waals surface area contributed by atoms with Crippen molar-refractivity contribution in [3.63, 3.8) is 0 Å². The van der Waals surface area contributed by atoms with Crippen molar-refractivity contribution in [3.8, 4) is 11.8 Å². The van der Waals surface area contributed by atoms with E-state index in [9.17, 15) is 10.1 Å². The van der Waals surface area contributed by atoms with Crippen molar-refractivity contribution in [2.45, 2.75) is 0 Å². The van der Waals surface area contributed by atoms with Gasteiger partial charge < -0.3 is 14.8 Å². The second kappa shape index (κ2) is 10.3. The number of hydrogen-bond donors (Lipinski definition) is 1. The molecule has 0 spiro atoms. The molecular weight excluding hydrogens is 318 g/mol. The fourth-order valence-corrected chi connectivity index (χ4v) is 2.38. The predicted octanol–water partition coefficient (Wildman–Crippen LogP) is 1.61. The van der Waals surface area contributed by atoms with Gasteiger partial charge in [-0.3, -0.25) is 9.69 Å². The average Bonchev–Trinajstić information content (AvgIpc) is 2.66. The minimum absolute atomic E-state index is 0.0849. The van der Waals surface area contributed by atoms with Gasteiger partial charge in [-0.15, -0.1) is 0 Å². The quantitative estimate of drug-likeness (QED) is 0.442. The summed E-state index contributed by atoms with van der Waals surface area (Å²) in [5, 5.41) is 12.0. The molecule has 1 amide bonds. The van der Waals surface area contributed by atoms with Gasteiger partial charge in [0, 0.05) is 26.2 Å². The van der Waals surface area contributed by atoms with Crippen LogP contribution in [-0.4, -0.2) is 56.8 Å². The lowest BCUT2D eigenvalue weighted by atomic mass is 10.1. The molecule has 1 aromatic rings. The summed E-state index contributed by atoms with van der Waals surface area (Å²) in [6, 6.07) is 9.15. The predicted molar refractivity (Wildman–Crippen MR) is 96.0 cm³/mol. The van der Waals surface area contributed by atoms with Crippen molar-refractivity contribution in [2.75, 3.05) is 46.0 Å². The summed E-state index contributed by atoms with van der Waals surface area (Å²) in [6.45, 7) is 8.48. The molecule has 0 saturated carbocycles. The Balaban J connectivity index is 1.86. The molecule has 25 heavy (non-hydrogen) atoms. The molecule has 1 N–H and O–H groups in total. The van der Waals surface area contributed by atoms with Crippen molar-refractivity contribution < 1.29 is 14.3 Å². The molecular formula is C19H23N3O3. The second-order valence-corrected chi connectivity index (χ2v) is 5.55. The fraction of sp³-hybridized carbons (Fsp3) is 0.368. The van der Waals surface area contributed by atoms with Gasteiger partial charge in [0.1, 0.15) is 24.0 Å². The Morgan fingerprint density at radius 1 is 1.36 bits per heavy atom. The van der Waals surface area contributed by atoms with Crippen molar-refractivity contribution in [1.29, 1.82) is 5.26 Å². The van der Waals surface area contributed by atoms with Crippen LogP contribution in [-0.2, 0) is 9.53 Å². The third-order valence-corrected chi connectivity index (χ3v) is 3.74. The van der Waals surface area contributed by atoms with Crippen LogP contribution in [0.25, 0.3) is 6.08 Å². The van der Waals surface area contributed by atoms with Crippen molar-refractivity contribution in [2.24, 2.45) is 0 Å². The number of carbonyl (C=O) groups is 1. The molecule has 132 valence electrons. The Bertz CT molecular complexity index is 641. The lowest BCUT2D eigenvalue weighted by Gasteiger charge is -2.26. The molecule has 6 heteroatoms. The highest BCUT2D eigenvalue weighted by molar-refractivity contribution is 6.01. The van der Waals surface area contributed by atoms with Gasteiger partial charge in [0.2, 0.25) is 0 Å². The molecule has 6 nitrogen and oxygen atoms in total. The summed E-state index contributed by atoms with van der Waals surface area (Å²) < 4.78 is 10.7. The number of amides is 1. The third-order valence-electron chi connectivity index (χ3n) is 3.74. The number of nitriles is 1. The van der Waals surface area contributed by atoms with Crippen LogP contribution in [0.3, 0.4) is 0 Å². The molecule has 1 aromatic carbocycles. The molecule has 1 fully saturated rings. The maximum atomic E-state index is 12.1. The standard InChI is InChI=1S/C19H23N3O3/c1-2-11-25-18-5-3-16(4-6-18)14-17(15-20)19(23)21-7-8-22-9-12-24-13-10-22/h2-6,14H,1,7-13H2,(H,21,23)/b17-14-. The maximum Gasteiger partial charge on any atom is 0.261 e. The Morgan fingerprint density at radius 3 is 2.72 bits per heavy atom. The number of rotatable bonds is 8. The van der Waals surface area contributed by atoms with Crippen molar-refractivity contribution >= 4 is 12.0 Å². The van der Waals surface area contributed by atoms with Gasteiger partial charge in [-0.05, 0) is 23.8 Å². The lowest BCUT2D eigenvalue weighted by molar-refractivity contribution is -0.117. The monoisotopic (exact) mass is 341 g/mol. The number of carbonyl (C=O) groups excluding carboxylic acids is 1. The van der Waals surface area contributed by atoms with Crippen molar-refractivity contribution in [3.05, 3.63) is 48.1 Å². The van der Waals surface area contributed by atoms with Crippen LogP contribution >= 0.6 is 0 Å². The van der Waals surface area contributed by atoms with Gasteiger partial charge in [0.25, 0.3) is 5.91 Å². The van der Waals surface area contributed by atoms with Gasteiger partial charge in [-0.25, -0.2) is 0 Å². The average molecular weight is 341 g/mol. The minimum Gasteiger partial charge on any atom is -0.490 e. The zero-order valence-electron chi connectivity index (χ0n) is 14.2. The first-order valence-corrected chi connectivity index (χ1v) is 8.27. The topological polar surface area (TPSA) is 74.6 Å².